The molecule has 2 aromatic carbocycles. The highest BCUT2D eigenvalue weighted by Crippen LogP contribution is 2.47. The molecule has 0 saturated carbocycles. The molecule has 2 aliphatic heterocycles. The summed E-state index contributed by atoms with van der Waals surface area (Å²) in [5.74, 6) is -1.57. The summed E-state index contributed by atoms with van der Waals surface area (Å²) in [6.07, 6.45) is 0.109. The molecule has 0 radical (unpaired) electrons. The maximum atomic E-state index is 12.6. The number of quaternary nitrogens is 1. The highest BCUT2D eigenvalue weighted by atomic mass is 16.5. The van der Waals surface area contributed by atoms with Crippen LogP contribution in [0.1, 0.15) is 19.4 Å². The highest BCUT2D eigenvalue weighted by Gasteiger charge is 2.59. The monoisotopic (exact) mass is 496 g/mol. The topological polar surface area (TPSA) is 99.1 Å². The van der Waals surface area contributed by atoms with Crippen molar-refractivity contribution < 1.29 is 29.0 Å². The number of ether oxygens (including phenoxy) is 1. The molecule has 36 heavy (non-hydrogen) atoms. The summed E-state index contributed by atoms with van der Waals surface area (Å²) in [7, 11) is 6.45. The van der Waals surface area contributed by atoms with E-state index in [1.54, 1.807) is 6.92 Å². The second kappa shape index (κ2) is 10.2. The number of aliphatic carboxylic acids is 1. The van der Waals surface area contributed by atoms with Crippen molar-refractivity contribution in [1.82, 2.24) is 10.2 Å². The van der Waals surface area contributed by atoms with Crippen LogP contribution in [0.5, 0.6) is 5.75 Å². The largest absolute Gasteiger partial charge is 0.488 e. The van der Waals surface area contributed by atoms with E-state index in [9.17, 15) is 19.8 Å². The van der Waals surface area contributed by atoms with E-state index in [-0.39, 0.29) is 30.2 Å². The Morgan fingerprint density at radius 3 is 2.53 bits per heavy atom. The van der Waals surface area contributed by atoms with E-state index in [2.05, 4.69) is 31.5 Å². The Kier molecular flexibility index (Phi) is 7.41. The zero-order chi connectivity index (χ0) is 26.2. The summed E-state index contributed by atoms with van der Waals surface area (Å²) in [5.41, 5.74) is 1.83. The van der Waals surface area contributed by atoms with Gasteiger partial charge in [0.1, 0.15) is 18.1 Å². The van der Waals surface area contributed by atoms with Crippen LogP contribution in [0.15, 0.2) is 47.7 Å². The summed E-state index contributed by atoms with van der Waals surface area (Å²) in [6, 6.07) is 11.8. The molecule has 8 nitrogen and oxygen atoms in total. The second-order valence-electron chi connectivity index (χ2n) is 10.7. The molecule has 2 heterocycles. The lowest BCUT2D eigenvalue weighted by molar-refractivity contribution is -0.888. The molecular formula is C28H38N3O5+. The first-order valence-corrected chi connectivity index (χ1v) is 12.6. The quantitative estimate of drug-likeness (QED) is 0.326. The first-order chi connectivity index (χ1) is 17.1. The number of carboxylic acid groups (broad SMARTS) is 1. The maximum absolute atomic E-state index is 12.6. The van der Waals surface area contributed by atoms with E-state index < -0.39 is 18.0 Å². The third-order valence-corrected chi connectivity index (χ3v) is 7.83. The Bertz CT molecular complexity index is 1190. The van der Waals surface area contributed by atoms with Gasteiger partial charge in [0.15, 0.2) is 0 Å². The lowest BCUT2D eigenvalue weighted by atomic mass is 9.78. The Labute approximate surface area is 212 Å². The minimum absolute atomic E-state index is 0.00288. The van der Waals surface area contributed by atoms with Gasteiger partial charge in [-0.15, -0.1) is 0 Å². The molecule has 1 fully saturated rings. The number of β-lactam (4-membered cyclic amide) rings is 1. The minimum Gasteiger partial charge on any atom is -0.488 e. The number of nitrogens with one attached hydrogen (secondary N) is 1. The number of likely N-dealkylation sites (N-methyl/N-ethyl adjacent to an activating group) is 2. The number of aliphatic hydroxyl groups is 1. The Balaban J connectivity index is 1.56. The molecule has 0 spiro atoms. The normalized spacial score (nSPS) is 22.6. The van der Waals surface area contributed by atoms with Crippen molar-refractivity contribution in [3.8, 4) is 5.75 Å². The zero-order valence-corrected chi connectivity index (χ0v) is 21.8. The van der Waals surface area contributed by atoms with Gasteiger partial charge in [-0.25, -0.2) is 4.79 Å². The van der Waals surface area contributed by atoms with Gasteiger partial charge in [0.25, 0.3) is 0 Å². The number of carboxylic acids is 1. The number of carbonyl (C=O) groups excluding carboxylic acids is 1. The molecule has 194 valence electrons. The van der Waals surface area contributed by atoms with Crippen molar-refractivity contribution >= 4 is 22.6 Å². The molecule has 8 heteroatoms. The highest BCUT2D eigenvalue weighted by molar-refractivity contribution is 6.00. The van der Waals surface area contributed by atoms with Crippen LogP contribution in [-0.4, -0.2) is 91.0 Å². The molecule has 0 aromatic heterocycles. The first-order valence-electron chi connectivity index (χ1n) is 12.6. The minimum atomic E-state index is -1.14. The summed E-state index contributed by atoms with van der Waals surface area (Å²) >= 11 is 0. The molecular weight excluding hydrogens is 458 g/mol. The van der Waals surface area contributed by atoms with Crippen molar-refractivity contribution in [3.63, 3.8) is 0 Å². The lowest BCUT2D eigenvalue weighted by Gasteiger charge is -2.46. The SMILES string of the molecule is CNCC[N+](C)(C)CCc1cccc2c(OCC3=C(C(=O)O)N4C(=O)[C@H]([C@@H](C)O)[C@H]4[C@H]3C)cccc12. The predicted molar refractivity (Wildman–Crippen MR) is 139 cm³/mol. The van der Waals surface area contributed by atoms with Crippen molar-refractivity contribution in [1.29, 1.82) is 0 Å². The molecule has 1 amide bonds. The van der Waals surface area contributed by atoms with Gasteiger partial charge in [0.2, 0.25) is 5.91 Å². The Hall–Kier alpha value is -2.94. The van der Waals surface area contributed by atoms with Crippen LogP contribution < -0.4 is 10.1 Å². The fourth-order valence-electron chi connectivity index (χ4n) is 5.63. The van der Waals surface area contributed by atoms with Crippen molar-refractivity contribution in [2.45, 2.75) is 32.4 Å². The Morgan fingerprint density at radius 1 is 1.17 bits per heavy atom. The van der Waals surface area contributed by atoms with Gasteiger partial charge in [-0.1, -0.05) is 37.3 Å². The fourth-order valence-corrected chi connectivity index (χ4v) is 5.63. The van der Waals surface area contributed by atoms with Crippen LogP contribution in [0.25, 0.3) is 10.8 Å². The number of hydrogen-bond donors (Lipinski definition) is 3. The van der Waals surface area contributed by atoms with Crippen LogP contribution in [0.2, 0.25) is 0 Å². The first kappa shape index (κ1) is 26.1. The zero-order valence-electron chi connectivity index (χ0n) is 21.8. The molecule has 4 atom stereocenters. The van der Waals surface area contributed by atoms with Crippen molar-refractivity contribution in [2.75, 3.05) is 47.4 Å². The molecule has 1 saturated heterocycles. The van der Waals surface area contributed by atoms with Crippen molar-refractivity contribution in [3.05, 3.63) is 53.2 Å². The van der Waals surface area contributed by atoms with Gasteiger partial charge >= 0.3 is 5.97 Å². The van der Waals surface area contributed by atoms with E-state index in [4.69, 9.17) is 4.74 Å². The number of aliphatic hydroxyl groups excluding tert-OH is 1. The Morgan fingerprint density at radius 2 is 1.86 bits per heavy atom. The number of hydrogen-bond acceptors (Lipinski definition) is 5. The number of nitrogens with zero attached hydrogens (tertiary/aromatic N) is 2. The van der Waals surface area contributed by atoms with Gasteiger partial charge < -0.3 is 29.6 Å². The van der Waals surface area contributed by atoms with E-state index in [1.807, 2.05) is 38.2 Å². The van der Waals surface area contributed by atoms with Gasteiger partial charge in [0, 0.05) is 29.8 Å². The van der Waals surface area contributed by atoms with Gasteiger partial charge in [0.05, 0.1) is 45.2 Å². The van der Waals surface area contributed by atoms with Crippen LogP contribution in [0, 0.1) is 11.8 Å². The molecule has 0 bridgehead atoms. The number of benzene rings is 2. The molecule has 0 aliphatic carbocycles. The predicted octanol–water partition coefficient (Wildman–Crippen LogP) is 2.25. The fraction of sp³-hybridized carbons (Fsp3) is 0.500. The van der Waals surface area contributed by atoms with Gasteiger partial charge in [-0.2, -0.15) is 0 Å². The van der Waals surface area contributed by atoms with Crippen molar-refractivity contribution in [2.24, 2.45) is 11.8 Å². The summed E-state index contributed by atoms with van der Waals surface area (Å²) in [5, 5.41) is 25.3. The molecule has 2 aliphatic rings. The van der Waals surface area contributed by atoms with Crippen LogP contribution >= 0.6 is 0 Å². The number of carbonyl (C=O) groups is 2. The average Bonchev–Trinajstić information content (AvgIpc) is 3.08. The van der Waals surface area contributed by atoms with Crippen LogP contribution in [0.4, 0.5) is 0 Å². The van der Waals surface area contributed by atoms with E-state index in [1.165, 1.54) is 10.5 Å². The molecule has 3 N–H and O–H groups in total. The van der Waals surface area contributed by atoms with Crippen LogP contribution in [-0.2, 0) is 16.0 Å². The van der Waals surface area contributed by atoms with E-state index in [0.717, 1.165) is 41.3 Å². The average molecular weight is 497 g/mol. The van der Waals surface area contributed by atoms with E-state index >= 15 is 0 Å². The molecule has 0 unspecified atom stereocenters. The van der Waals surface area contributed by atoms with E-state index in [0.29, 0.717) is 11.3 Å². The third-order valence-electron chi connectivity index (χ3n) is 7.83. The number of rotatable bonds is 11. The lowest BCUT2D eigenvalue weighted by Crippen LogP contribution is -2.63. The van der Waals surface area contributed by atoms with Gasteiger partial charge in [-0.05, 0) is 31.0 Å². The number of amides is 1. The maximum Gasteiger partial charge on any atom is 0.352 e. The number of fused-ring (bicyclic) bond motifs is 2. The smallest absolute Gasteiger partial charge is 0.352 e. The standard InChI is InChI=1S/C28H37N3O5/c1-17-22(26(28(34)35)30-25(17)24(18(2)32)27(30)33)16-36-23-11-7-9-20-19(8-6-10-21(20)23)12-14-31(4,5)15-13-29-3/h6-11,17-18,24-25,29,32H,12-16H2,1-5H3/p+1/t17-,18+,24+,25+/m0/s1. The molecule has 4 rings (SSSR count). The second-order valence-corrected chi connectivity index (χ2v) is 10.7. The summed E-state index contributed by atoms with van der Waals surface area (Å²) in [6.45, 7) is 6.58. The van der Waals surface area contributed by atoms with Gasteiger partial charge in [-0.3, -0.25) is 4.79 Å². The third kappa shape index (κ3) is 4.73. The summed E-state index contributed by atoms with van der Waals surface area (Å²) < 4.78 is 7.15. The molecule has 2 aromatic rings. The summed E-state index contributed by atoms with van der Waals surface area (Å²) in [4.78, 5) is 26.0. The van der Waals surface area contributed by atoms with Crippen LogP contribution in [0.3, 0.4) is 0 Å².